The first kappa shape index (κ1) is 9.34. The molecule has 4 atom stereocenters. The Morgan fingerprint density at radius 1 is 1.73 bits per heavy atom. The number of rotatable bonds is 1. The Bertz CT molecular complexity index is 143. The van der Waals surface area contributed by atoms with Crippen LogP contribution in [0.4, 0.5) is 0 Å². The molecular formula is C6H10INO3. The fourth-order valence-electron chi connectivity index (χ4n) is 1.13. The van der Waals surface area contributed by atoms with Crippen molar-refractivity contribution in [3.05, 3.63) is 4.91 Å². The molecule has 11 heavy (non-hydrogen) atoms. The van der Waals surface area contributed by atoms with Crippen LogP contribution in [0.15, 0.2) is 5.18 Å². The van der Waals surface area contributed by atoms with Gasteiger partial charge in [-0.15, -0.1) is 0 Å². The van der Waals surface area contributed by atoms with E-state index in [0.29, 0.717) is 0 Å². The number of aliphatic hydroxyl groups excluding tert-OH is 1. The van der Waals surface area contributed by atoms with Crippen molar-refractivity contribution >= 4 is 22.6 Å². The van der Waals surface area contributed by atoms with Crippen LogP contribution in [0.1, 0.15) is 13.3 Å². The zero-order chi connectivity index (χ0) is 8.43. The molecule has 0 aromatic carbocycles. The normalized spacial score (nSPS) is 45.4. The van der Waals surface area contributed by atoms with Gasteiger partial charge < -0.3 is 9.84 Å². The van der Waals surface area contributed by atoms with Gasteiger partial charge in [-0.2, -0.15) is 4.91 Å². The van der Waals surface area contributed by atoms with E-state index in [1.54, 1.807) is 0 Å². The molecule has 0 amide bonds. The summed E-state index contributed by atoms with van der Waals surface area (Å²) in [7, 11) is 0. The van der Waals surface area contributed by atoms with Crippen LogP contribution in [0.3, 0.4) is 0 Å². The standard InChI is InChI=1S/C6H10INO3/c1-3-2-4(7)5(8-10)6(9)11-3/h3-6,9H,2H2,1H3/t3-,4+,5-,6-/m1/s1. The van der Waals surface area contributed by atoms with Crippen LogP contribution in [-0.2, 0) is 4.74 Å². The smallest absolute Gasteiger partial charge is 0.182 e. The molecule has 0 bridgehead atoms. The van der Waals surface area contributed by atoms with Gasteiger partial charge in [0, 0.05) is 3.92 Å². The zero-order valence-electron chi connectivity index (χ0n) is 6.11. The summed E-state index contributed by atoms with van der Waals surface area (Å²) >= 11 is 2.12. The molecule has 0 spiro atoms. The molecule has 64 valence electrons. The maximum absolute atomic E-state index is 10.2. The highest BCUT2D eigenvalue weighted by molar-refractivity contribution is 14.1. The first-order chi connectivity index (χ1) is 5.15. The SMILES string of the molecule is C[C@@H]1C[C@H](I)[C@@H](N=O)[C@H](O)O1. The largest absolute Gasteiger partial charge is 0.366 e. The number of ether oxygens (including phenoxy) is 1. The second-order valence-electron chi connectivity index (χ2n) is 2.68. The van der Waals surface area contributed by atoms with Crippen LogP contribution in [0.25, 0.3) is 0 Å². The fourth-order valence-corrected chi connectivity index (χ4v) is 2.33. The van der Waals surface area contributed by atoms with Gasteiger partial charge in [0.25, 0.3) is 0 Å². The molecule has 1 heterocycles. The summed E-state index contributed by atoms with van der Waals surface area (Å²) in [5, 5.41) is 12.0. The van der Waals surface area contributed by atoms with E-state index in [1.165, 1.54) is 0 Å². The molecule has 1 rings (SSSR count). The first-order valence-electron chi connectivity index (χ1n) is 3.45. The maximum atomic E-state index is 10.2. The molecule has 0 saturated carbocycles. The van der Waals surface area contributed by atoms with Gasteiger partial charge in [-0.05, 0) is 13.3 Å². The third kappa shape index (κ3) is 2.09. The predicted molar refractivity (Wildman–Crippen MR) is 48.6 cm³/mol. The number of halogens is 1. The van der Waals surface area contributed by atoms with Gasteiger partial charge in [0.15, 0.2) is 12.3 Å². The van der Waals surface area contributed by atoms with E-state index >= 15 is 0 Å². The molecule has 0 aromatic rings. The molecule has 1 saturated heterocycles. The lowest BCUT2D eigenvalue weighted by Crippen LogP contribution is -2.43. The van der Waals surface area contributed by atoms with E-state index in [1.807, 2.05) is 6.92 Å². The van der Waals surface area contributed by atoms with Gasteiger partial charge in [0.05, 0.1) is 6.10 Å². The number of alkyl halides is 1. The van der Waals surface area contributed by atoms with Gasteiger partial charge in [-0.1, -0.05) is 27.8 Å². The first-order valence-corrected chi connectivity index (χ1v) is 4.69. The van der Waals surface area contributed by atoms with Gasteiger partial charge in [-0.25, -0.2) is 0 Å². The van der Waals surface area contributed by atoms with Crippen molar-refractivity contribution in [3.63, 3.8) is 0 Å². The van der Waals surface area contributed by atoms with Crippen LogP contribution >= 0.6 is 22.6 Å². The van der Waals surface area contributed by atoms with Gasteiger partial charge in [0.2, 0.25) is 0 Å². The summed E-state index contributed by atoms with van der Waals surface area (Å²) in [6.45, 7) is 1.87. The van der Waals surface area contributed by atoms with E-state index < -0.39 is 12.3 Å². The highest BCUT2D eigenvalue weighted by atomic mass is 127. The van der Waals surface area contributed by atoms with Crippen molar-refractivity contribution in [1.29, 1.82) is 0 Å². The Morgan fingerprint density at radius 3 is 2.82 bits per heavy atom. The van der Waals surface area contributed by atoms with Crippen molar-refractivity contribution in [1.82, 2.24) is 0 Å². The predicted octanol–water partition coefficient (Wildman–Crippen LogP) is 1.05. The average molecular weight is 271 g/mol. The van der Waals surface area contributed by atoms with Crippen molar-refractivity contribution in [2.24, 2.45) is 5.18 Å². The molecule has 1 N–H and O–H groups in total. The molecule has 0 aromatic heterocycles. The summed E-state index contributed by atoms with van der Waals surface area (Å²) in [4.78, 5) is 10.2. The summed E-state index contributed by atoms with van der Waals surface area (Å²) in [5.41, 5.74) is 0. The Hall–Kier alpha value is 0.250. The maximum Gasteiger partial charge on any atom is 0.182 e. The van der Waals surface area contributed by atoms with Crippen LogP contribution in [0.2, 0.25) is 0 Å². The van der Waals surface area contributed by atoms with E-state index in [9.17, 15) is 10.0 Å². The molecule has 0 radical (unpaired) electrons. The van der Waals surface area contributed by atoms with Crippen LogP contribution in [0.5, 0.6) is 0 Å². The van der Waals surface area contributed by atoms with E-state index in [-0.39, 0.29) is 10.0 Å². The minimum Gasteiger partial charge on any atom is -0.366 e. The van der Waals surface area contributed by atoms with Gasteiger partial charge in [-0.3, -0.25) is 0 Å². The molecule has 0 unspecified atom stereocenters. The topological polar surface area (TPSA) is 58.9 Å². The summed E-state index contributed by atoms with van der Waals surface area (Å²) in [6.07, 6.45) is -0.225. The number of nitroso groups, excluding NO2 is 1. The number of hydrogen-bond acceptors (Lipinski definition) is 4. The van der Waals surface area contributed by atoms with Crippen molar-refractivity contribution < 1.29 is 9.84 Å². The lowest BCUT2D eigenvalue weighted by Gasteiger charge is -2.31. The number of hydrogen-bond donors (Lipinski definition) is 1. The molecular weight excluding hydrogens is 261 g/mol. The third-order valence-corrected chi connectivity index (χ3v) is 2.96. The summed E-state index contributed by atoms with van der Waals surface area (Å²) in [6, 6.07) is -0.605. The Labute approximate surface area is 78.4 Å². The highest BCUT2D eigenvalue weighted by Gasteiger charge is 2.35. The Kier molecular flexibility index (Phi) is 3.20. The van der Waals surface area contributed by atoms with Crippen LogP contribution < -0.4 is 0 Å². The monoisotopic (exact) mass is 271 g/mol. The van der Waals surface area contributed by atoms with Crippen molar-refractivity contribution in [3.8, 4) is 0 Å². The van der Waals surface area contributed by atoms with Crippen molar-refractivity contribution in [2.45, 2.75) is 35.7 Å². The van der Waals surface area contributed by atoms with Crippen molar-refractivity contribution in [2.75, 3.05) is 0 Å². The lowest BCUT2D eigenvalue weighted by molar-refractivity contribution is -0.162. The second kappa shape index (κ2) is 3.77. The summed E-state index contributed by atoms with van der Waals surface area (Å²) < 4.78 is 5.10. The average Bonchev–Trinajstić information content (AvgIpc) is 1.85. The van der Waals surface area contributed by atoms with Gasteiger partial charge in [0.1, 0.15) is 0 Å². The lowest BCUT2D eigenvalue weighted by atomic mass is 10.1. The molecule has 1 aliphatic heterocycles. The van der Waals surface area contributed by atoms with Crippen LogP contribution in [-0.4, -0.2) is 27.5 Å². The van der Waals surface area contributed by atoms with Gasteiger partial charge >= 0.3 is 0 Å². The second-order valence-corrected chi connectivity index (χ2v) is 4.28. The minimum absolute atomic E-state index is 0.0184. The third-order valence-electron chi connectivity index (χ3n) is 1.71. The Balaban J connectivity index is 2.58. The zero-order valence-corrected chi connectivity index (χ0v) is 8.26. The Morgan fingerprint density at radius 2 is 2.36 bits per heavy atom. The summed E-state index contributed by atoms with van der Waals surface area (Å²) in [5.74, 6) is 0. The fraction of sp³-hybridized carbons (Fsp3) is 1.00. The van der Waals surface area contributed by atoms with E-state index in [2.05, 4.69) is 27.8 Å². The van der Waals surface area contributed by atoms with E-state index in [0.717, 1.165) is 6.42 Å². The molecule has 0 aliphatic carbocycles. The number of nitrogens with zero attached hydrogens (tertiary/aromatic N) is 1. The minimum atomic E-state index is -1.02. The molecule has 4 nitrogen and oxygen atoms in total. The molecule has 1 fully saturated rings. The van der Waals surface area contributed by atoms with Crippen LogP contribution in [0, 0.1) is 4.91 Å². The molecule has 1 aliphatic rings. The number of aliphatic hydroxyl groups is 1. The quantitative estimate of drug-likeness (QED) is 0.440. The van der Waals surface area contributed by atoms with E-state index in [4.69, 9.17) is 4.74 Å². The highest BCUT2D eigenvalue weighted by Crippen LogP contribution is 2.26. The molecule has 5 heteroatoms.